The molecule has 0 bridgehead atoms. The summed E-state index contributed by atoms with van der Waals surface area (Å²) >= 11 is 0. The Morgan fingerprint density at radius 3 is 2.82 bits per heavy atom. The number of piperidine rings is 1. The molecule has 0 N–H and O–H groups in total. The van der Waals surface area contributed by atoms with Crippen LogP contribution in [-0.4, -0.2) is 44.6 Å². The molecule has 1 aromatic carbocycles. The molecule has 0 radical (unpaired) electrons. The molecule has 0 aliphatic carbocycles. The first-order chi connectivity index (χ1) is 13.7. The number of aromatic nitrogens is 4. The molecule has 7 nitrogen and oxygen atoms in total. The fourth-order valence-corrected chi connectivity index (χ4v) is 3.61. The molecule has 28 heavy (non-hydrogen) atoms. The molecule has 0 spiro atoms. The molecule has 1 saturated heterocycles. The first kappa shape index (κ1) is 18.4. The molecule has 3 aromatic rings. The summed E-state index contributed by atoms with van der Waals surface area (Å²) in [7, 11) is 3.66. The lowest BCUT2D eigenvalue weighted by atomic mass is 9.95. The molecule has 1 atom stereocenters. The van der Waals surface area contributed by atoms with Crippen LogP contribution in [0.15, 0.2) is 49.1 Å². The van der Waals surface area contributed by atoms with E-state index in [0.29, 0.717) is 23.3 Å². The Morgan fingerprint density at radius 2 is 2.04 bits per heavy atom. The van der Waals surface area contributed by atoms with Crippen molar-refractivity contribution in [2.75, 3.05) is 20.2 Å². The number of benzene rings is 1. The largest absolute Gasteiger partial charge is 0.493 e. The standard InChI is InChI=1S/C21H25N5O2/c1-25-11-9-23-20(25)15-26-10-5-6-16(14-26)17-12-22-13-21(24-17)28-19-8-4-3-7-18(19)27-2/h3-4,7-9,11-13,16H,5-6,10,14-15H2,1-2H3. The lowest BCUT2D eigenvalue weighted by Gasteiger charge is -2.32. The second kappa shape index (κ2) is 8.39. The van der Waals surface area contributed by atoms with Crippen molar-refractivity contribution in [1.29, 1.82) is 0 Å². The molecule has 7 heteroatoms. The molecule has 1 unspecified atom stereocenters. The quantitative estimate of drug-likeness (QED) is 0.654. The van der Waals surface area contributed by atoms with Gasteiger partial charge < -0.3 is 14.0 Å². The topological polar surface area (TPSA) is 65.3 Å². The van der Waals surface area contributed by atoms with Crippen LogP contribution in [0.4, 0.5) is 0 Å². The number of para-hydroxylation sites is 2. The summed E-state index contributed by atoms with van der Waals surface area (Å²) in [4.78, 5) is 16.0. The molecule has 1 aliphatic rings. The highest BCUT2D eigenvalue weighted by Gasteiger charge is 2.24. The van der Waals surface area contributed by atoms with Gasteiger partial charge in [0, 0.05) is 38.1 Å². The number of imidazole rings is 1. The Labute approximate surface area is 165 Å². The van der Waals surface area contributed by atoms with Crippen molar-refractivity contribution in [2.45, 2.75) is 25.3 Å². The zero-order valence-corrected chi connectivity index (χ0v) is 16.3. The molecule has 0 saturated carbocycles. The highest BCUT2D eigenvalue weighted by atomic mass is 16.5. The number of nitrogens with zero attached hydrogens (tertiary/aromatic N) is 5. The summed E-state index contributed by atoms with van der Waals surface area (Å²) in [6, 6.07) is 7.55. The van der Waals surface area contributed by atoms with Gasteiger partial charge in [-0.3, -0.25) is 9.88 Å². The maximum absolute atomic E-state index is 5.93. The number of likely N-dealkylation sites (tertiary alicyclic amines) is 1. The average Bonchev–Trinajstić information content (AvgIpc) is 3.13. The van der Waals surface area contributed by atoms with E-state index in [-0.39, 0.29) is 0 Å². The zero-order valence-electron chi connectivity index (χ0n) is 16.3. The summed E-state index contributed by atoms with van der Waals surface area (Å²) < 4.78 is 13.4. The molecular weight excluding hydrogens is 354 g/mol. The van der Waals surface area contributed by atoms with E-state index in [2.05, 4.69) is 19.4 Å². The van der Waals surface area contributed by atoms with Gasteiger partial charge in [-0.25, -0.2) is 9.97 Å². The van der Waals surface area contributed by atoms with E-state index in [1.807, 2.05) is 49.9 Å². The van der Waals surface area contributed by atoms with Crippen molar-refractivity contribution in [3.8, 4) is 17.4 Å². The van der Waals surface area contributed by atoms with Gasteiger partial charge in [0.05, 0.1) is 25.5 Å². The smallest absolute Gasteiger partial charge is 0.238 e. The number of rotatable bonds is 6. The Kier molecular flexibility index (Phi) is 5.53. The van der Waals surface area contributed by atoms with E-state index in [1.54, 1.807) is 13.3 Å². The van der Waals surface area contributed by atoms with E-state index < -0.39 is 0 Å². The molecule has 3 heterocycles. The summed E-state index contributed by atoms with van der Waals surface area (Å²) in [5.74, 6) is 3.22. The highest BCUT2D eigenvalue weighted by molar-refractivity contribution is 5.41. The van der Waals surface area contributed by atoms with Crippen LogP contribution in [0.5, 0.6) is 17.4 Å². The maximum Gasteiger partial charge on any atom is 0.238 e. The molecule has 0 amide bonds. The van der Waals surface area contributed by atoms with Crippen LogP contribution in [0.1, 0.15) is 30.3 Å². The van der Waals surface area contributed by atoms with E-state index in [1.165, 1.54) is 0 Å². The Morgan fingerprint density at radius 1 is 1.18 bits per heavy atom. The van der Waals surface area contributed by atoms with Crippen molar-refractivity contribution in [3.05, 3.63) is 60.6 Å². The summed E-state index contributed by atoms with van der Waals surface area (Å²) in [5.41, 5.74) is 0.969. The van der Waals surface area contributed by atoms with Crippen molar-refractivity contribution in [2.24, 2.45) is 7.05 Å². The molecule has 1 fully saturated rings. The first-order valence-electron chi connectivity index (χ1n) is 9.54. The van der Waals surface area contributed by atoms with E-state index >= 15 is 0 Å². The van der Waals surface area contributed by atoms with Gasteiger partial charge >= 0.3 is 0 Å². The number of aryl methyl sites for hydroxylation is 1. The van der Waals surface area contributed by atoms with Gasteiger partial charge in [-0.2, -0.15) is 0 Å². The zero-order chi connectivity index (χ0) is 19.3. The Hall–Kier alpha value is -2.93. The van der Waals surface area contributed by atoms with Crippen molar-refractivity contribution in [1.82, 2.24) is 24.4 Å². The predicted molar refractivity (Wildman–Crippen MR) is 106 cm³/mol. The lowest BCUT2D eigenvalue weighted by Crippen LogP contribution is -2.35. The third-order valence-corrected chi connectivity index (χ3v) is 5.12. The van der Waals surface area contributed by atoms with Crippen LogP contribution in [0.25, 0.3) is 0 Å². The van der Waals surface area contributed by atoms with Crippen molar-refractivity contribution < 1.29 is 9.47 Å². The van der Waals surface area contributed by atoms with Crippen LogP contribution in [-0.2, 0) is 13.6 Å². The molecule has 146 valence electrons. The van der Waals surface area contributed by atoms with Crippen LogP contribution in [0.3, 0.4) is 0 Å². The number of methoxy groups -OCH3 is 1. The van der Waals surface area contributed by atoms with Gasteiger partial charge in [-0.05, 0) is 31.5 Å². The lowest BCUT2D eigenvalue weighted by molar-refractivity contribution is 0.192. The monoisotopic (exact) mass is 379 g/mol. The third kappa shape index (κ3) is 4.14. The summed E-state index contributed by atoms with van der Waals surface area (Å²) in [6.07, 6.45) is 9.56. The molecule has 2 aromatic heterocycles. The number of ether oxygens (including phenoxy) is 2. The molecule has 1 aliphatic heterocycles. The van der Waals surface area contributed by atoms with E-state index in [4.69, 9.17) is 14.5 Å². The third-order valence-electron chi connectivity index (χ3n) is 5.12. The van der Waals surface area contributed by atoms with Gasteiger partial charge in [0.15, 0.2) is 11.5 Å². The molecule has 4 rings (SSSR count). The fraction of sp³-hybridized carbons (Fsp3) is 0.381. The number of hydrogen-bond acceptors (Lipinski definition) is 6. The van der Waals surface area contributed by atoms with Gasteiger partial charge in [-0.1, -0.05) is 12.1 Å². The fourth-order valence-electron chi connectivity index (χ4n) is 3.61. The van der Waals surface area contributed by atoms with Gasteiger partial charge in [-0.15, -0.1) is 0 Å². The van der Waals surface area contributed by atoms with Crippen molar-refractivity contribution in [3.63, 3.8) is 0 Å². The van der Waals surface area contributed by atoms with Gasteiger partial charge in [0.2, 0.25) is 5.88 Å². The van der Waals surface area contributed by atoms with Crippen LogP contribution < -0.4 is 9.47 Å². The van der Waals surface area contributed by atoms with Crippen LogP contribution in [0, 0.1) is 0 Å². The number of hydrogen-bond donors (Lipinski definition) is 0. The van der Waals surface area contributed by atoms with Crippen LogP contribution >= 0.6 is 0 Å². The van der Waals surface area contributed by atoms with E-state index in [0.717, 1.165) is 44.0 Å². The minimum atomic E-state index is 0.336. The summed E-state index contributed by atoms with van der Waals surface area (Å²) in [5, 5.41) is 0. The minimum absolute atomic E-state index is 0.336. The maximum atomic E-state index is 5.93. The second-order valence-corrected chi connectivity index (χ2v) is 7.06. The highest BCUT2D eigenvalue weighted by Crippen LogP contribution is 2.31. The van der Waals surface area contributed by atoms with E-state index in [9.17, 15) is 0 Å². The summed E-state index contributed by atoms with van der Waals surface area (Å²) in [6.45, 7) is 2.87. The Bertz CT molecular complexity index is 926. The SMILES string of the molecule is COc1ccccc1Oc1cncc(C2CCCN(Cc3nccn3C)C2)n1. The van der Waals surface area contributed by atoms with Crippen molar-refractivity contribution >= 4 is 0 Å². The molecular formula is C21H25N5O2. The predicted octanol–water partition coefficient (Wildman–Crippen LogP) is 3.39. The normalized spacial score (nSPS) is 17.4. The van der Waals surface area contributed by atoms with Gasteiger partial charge in [0.25, 0.3) is 0 Å². The van der Waals surface area contributed by atoms with Gasteiger partial charge in [0.1, 0.15) is 5.82 Å². The Balaban J connectivity index is 1.47. The minimum Gasteiger partial charge on any atom is -0.493 e. The van der Waals surface area contributed by atoms with Crippen LogP contribution in [0.2, 0.25) is 0 Å². The first-order valence-corrected chi connectivity index (χ1v) is 9.54. The average molecular weight is 379 g/mol. The second-order valence-electron chi connectivity index (χ2n) is 7.06.